The SMILES string of the molecule is CCC1NNC2CCC(NC(=O)c3nc(Cl)c(C#N)c(C)c3C)CC12. The largest absolute Gasteiger partial charge is 0.348 e. The molecule has 1 aliphatic heterocycles. The zero-order chi connectivity index (χ0) is 18.1. The van der Waals surface area contributed by atoms with E-state index >= 15 is 0 Å². The summed E-state index contributed by atoms with van der Waals surface area (Å²) < 4.78 is 0. The molecule has 134 valence electrons. The van der Waals surface area contributed by atoms with E-state index in [1.807, 2.05) is 13.0 Å². The summed E-state index contributed by atoms with van der Waals surface area (Å²) in [7, 11) is 0. The van der Waals surface area contributed by atoms with Crippen LogP contribution in [-0.4, -0.2) is 29.0 Å². The number of carbonyl (C=O) groups excluding carboxylic acids is 1. The summed E-state index contributed by atoms with van der Waals surface area (Å²) in [5.74, 6) is 0.326. The highest BCUT2D eigenvalue weighted by Gasteiger charge is 2.39. The number of fused-ring (bicyclic) bond motifs is 1. The lowest BCUT2D eigenvalue weighted by Gasteiger charge is -2.33. The van der Waals surface area contributed by atoms with E-state index < -0.39 is 0 Å². The van der Waals surface area contributed by atoms with E-state index in [0.29, 0.717) is 40.4 Å². The Morgan fingerprint density at radius 2 is 2.12 bits per heavy atom. The molecule has 1 aliphatic carbocycles. The zero-order valence-electron chi connectivity index (χ0n) is 14.8. The van der Waals surface area contributed by atoms with Crippen LogP contribution in [0.1, 0.15) is 59.8 Å². The molecule has 2 aliphatic rings. The fraction of sp³-hybridized carbons (Fsp3) is 0.611. The number of carbonyl (C=O) groups is 1. The highest BCUT2D eigenvalue weighted by molar-refractivity contribution is 6.30. The quantitative estimate of drug-likeness (QED) is 0.719. The van der Waals surface area contributed by atoms with Gasteiger partial charge in [0.25, 0.3) is 5.91 Å². The van der Waals surface area contributed by atoms with Crippen molar-refractivity contribution >= 4 is 17.5 Å². The smallest absolute Gasteiger partial charge is 0.270 e. The van der Waals surface area contributed by atoms with Gasteiger partial charge in [0, 0.05) is 18.1 Å². The Kier molecular flexibility index (Phi) is 5.28. The van der Waals surface area contributed by atoms with Crippen molar-refractivity contribution < 1.29 is 4.79 Å². The molecular weight excluding hydrogens is 338 g/mol. The number of hydrogen-bond donors (Lipinski definition) is 3. The van der Waals surface area contributed by atoms with Crippen molar-refractivity contribution in [3.8, 4) is 6.07 Å². The van der Waals surface area contributed by atoms with Crippen molar-refractivity contribution in [1.82, 2.24) is 21.2 Å². The molecule has 1 amide bonds. The van der Waals surface area contributed by atoms with Gasteiger partial charge in [-0.25, -0.2) is 4.98 Å². The van der Waals surface area contributed by atoms with Gasteiger partial charge in [0.05, 0.1) is 5.56 Å². The van der Waals surface area contributed by atoms with Crippen molar-refractivity contribution in [3.63, 3.8) is 0 Å². The van der Waals surface area contributed by atoms with Crippen LogP contribution in [0.4, 0.5) is 0 Å². The zero-order valence-corrected chi connectivity index (χ0v) is 15.6. The molecule has 3 rings (SSSR count). The van der Waals surface area contributed by atoms with Crippen LogP contribution in [0.15, 0.2) is 0 Å². The molecule has 1 saturated carbocycles. The normalized spacial score (nSPS) is 28.3. The van der Waals surface area contributed by atoms with Gasteiger partial charge >= 0.3 is 0 Å². The second-order valence-electron chi connectivity index (χ2n) is 7.05. The highest BCUT2D eigenvalue weighted by Crippen LogP contribution is 2.32. The standard InChI is InChI=1S/C18H24ClN5O/c1-4-14-12-7-11(5-6-15(12)24-23-14)21-18(25)16-10(3)9(2)13(8-20)17(19)22-16/h11-12,14-15,23-24H,4-7H2,1-3H3,(H,21,25). The minimum absolute atomic E-state index is 0.0923. The Bertz CT molecular complexity index is 723. The summed E-state index contributed by atoms with van der Waals surface area (Å²) >= 11 is 6.07. The average molecular weight is 362 g/mol. The molecule has 1 saturated heterocycles. The Balaban J connectivity index is 1.74. The molecular formula is C18H24ClN5O. The van der Waals surface area contributed by atoms with Gasteiger partial charge in [-0.3, -0.25) is 15.6 Å². The molecule has 1 aromatic rings. The third-order valence-corrected chi connectivity index (χ3v) is 5.95. The summed E-state index contributed by atoms with van der Waals surface area (Å²) in [6, 6.07) is 3.13. The number of hydrazine groups is 1. The van der Waals surface area contributed by atoms with Gasteiger partial charge in [0.2, 0.25) is 0 Å². The summed E-state index contributed by atoms with van der Waals surface area (Å²) in [6.45, 7) is 5.78. The molecule has 0 radical (unpaired) electrons. The van der Waals surface area contributed by atoms with E-state index in [1.165, 1.54) is 0 Å². The summed E-state index contributed by atoms with van der Waals surface area (Å²) in [5.41, 5.74) is 8.83. The third-order valence-electron chi connectivity index (χ3n) is 5.68. The molecule has 4 unspecified atom stereocenters. The average Bonchev–Trinajstić information content (AvgIpc) is 3.00. The predicted octanol–water partition coefficient (Wildman–Crippen LogP) is 2.38. The van der Waals surface area contributed by atoms with Crippen molar-refractivity contribution in [1.29, 1.82) is 5.26 Å². The van der Waals surface area contributed by atoms with Gasteiger partial charge in [0.15, 0.2) is 0 Å². The first-order valence-electron chi connectivity index (χ1n) is 8.84. The second-order valence-corrected chi connectivity index (χ2v) is 7.40. The van der Waals surface area contributed by atoms with E-state index in [2.05, 4.69) is 28.1 Å². The molecule has 0 aromatic carbocycles. The van der Waals surface area contributed by atoms with E-state index in [4.69, 9.17) is 16.9 Å². The molecule has 0 bridgehead atoms. The first-order valence-corrected chi connectivity index (χ1v) is 9.22. The van der Waals surface area contributed by atoms with Crippen LogP contribution in [-0.2, 0) is 0 Å². The van der Waals surface area contributed by atoms with Gasteiger partial charge in [-0.1, -0.05) is 18.5 Å². The number of pyridine rings is 1. The molecule has 7 heteroatoms. The number of nitriles is 1. The Hall–Kier alpha value is -1.68. The number of halogens is 1. The topological polar surface area (TPSA) is 89.8 Å². The fourth-order valence-electron chi connectivity index (χ4n) is 4.05. The second kappa shape index (κ2) is 7.28. The Morgan fingerprint density at radius 3 is 2.80 bits per heavy atom. The van der Waals surface area contributed by atoms with Crippen LogP contribution in [0, 0.1) is 31.1 Å². The van der Waals surface area contributed by atoms with Crippen LogP contribution in [0.2, 0.25) is 5.15 Å². The van der Waals surface area contributed by atoms with E-state index in [1.54, 1.807) is 6.92 Å². The maximum atomic E-state index is 12.7. The number of hydrogen-bond acceptors (Lipinski definition) is 5. The summed E-state index contributed by atoms with van der Waals surface area (Å²) in [6.07, 6.45) is 4.01. The summed E-state index contributed by atoms with van der Waals surface area (Å²) in [5, 5.41) is 12.4. The van der Waals surface area contributed by atoms with Crippen molar-refractivity contribution in [2.75, 3.05) is 0 Å². The molecule has 6 nitrogen and oxygen atoms in total. The van der Waals surface area contributed by atoms with Crippen LogP contribution in [0.3, 0.4) is 0 Å². The molecule has 25 heavy (non-hydrogen) atoms. The number of aromatic nitrogens is 1. The van der Waals surface area contributed by atoms with Crippen LogP contribution in [0.25, 0.3) is 0 Å². The predicted molar refractivity (Wildman–Crippen MR) is 96.2 cm³/mol. The first-order chi connectivity index (χ1) is 12.0. The highest BCUT2D eigenvalue weighted by atomic mass is 35.5. The maximum Gasteiger partial charge on any atom is 0.270 e. The van der Waals surface area contributed by atoms with Gasteiger partial charge in [-0.15, -0.1) is 0 Å². The lowest BCUT2D eigenvalue weighted by atomic mass is 9.78. The van der Waals surface area contributed by atoms with Crippen molar-refractivity contribution in [2.45, 2.75) is 64.6 Å². The fourth-order valence-corrected chi connectivity index (χ4v) is 4.32. The van der Waals surface area contributed by atoms with Crippen LogP contribution >= 0.6 is 11.6 Å². The lowest BCUT2D eigenvalue weighted by molar-refractivity contribution is 0.0909. The van der Waals surface area contributed by atoms with Crippen molar-refractivity contribution in [3.05, 3.63) is 27.5 Å². The molecule has 3 N–H and O–H groups in total. The molecule has 0 spiro atoms. The molecule has 2 heterocycles. The van der Waals surface area contributed by atoms with Crippen molar-refractivity contribution in [2.24, 2.45) is 5.92 Å². The van der Waals surface area contributed by atoms with E-state index in [-0.39, 0.29) is 17.1 Å². The van der Waals surface area contributed by atoms with Crippen LogP contribution in [0.5, 0.6) is 0 Å². The number of rotatable bonds is 3. The van der Waals surface area contributed by atoms with E-state index in [0.717, 1.165) is 25.7 Å². The minimum Gasteiger partial charge on any atom is -0.348 e. The molecule has 2 fully saturated rings. The monoisotopic (exact) mass is 361 g/mol. The minimum atomic E-state index is -0.206. The van der Waals surface area contributed by atoms with Gasteiger partial charge < -0.3 is 5.32 Å². The first kappa shape index (κ1) is 18.1. The molecule has 4 atom stereocenters. The van der Waals surface area contributed by atoms with E-state index in [9.17, 15) is 4.79 Å². The van der Waals surface area contributed by atoms with Gasteiger partial charge in [-0.05, 0) is 56.6 Å². The van der Waals surface area contributed by atoms with Crippen LogP contribution < -0.4 is 16.2 Å². The summed E-state index contributed by atoms with van der Waals surface area (Å²) in [4.78, 5) is 16.9. The van der Waals surface area contributed by atoms with Gasteiger partial charge in [-0.2, -0.15) is 5.26 Å². The number of nitrogens with one attached hydrogen (secondary N) is 3. The Labute approximate surface area is 153 Å². The number of amides is 1. The number of nitrogens with zero attached hydrogens (tertiary/aromatic N) is 2. The maximum absolute atomic E-state index is 12.7. The molecule has 1 aromatic heterocycles. The lowest BCUT2D eigenvalue weighted by Crippen LogP contribution is -2.45. The Morgan fingerprint density at radius 1 is 1.36 bits per heavy atom. The van der Waals surface area contributed by atoms with Gasteiger partial charge in [0.1, 0.15) is 16.9 Å². The third kappa shape index (κ3) is 3.37.